The van der Waals surface area contributed by atoms with Crippen molar-refractivity contribution in [3.8, 4) is 0 Å². The van der Waals surface area contributed by atoms with E-state index in [0.717, 1.165) is 10.6 Å². The number of aromatic nitrogens is 1. The van der Waals surface area contributed by atoms with Crippen LogP contribution in [0.5, 0.6) is 0 Å². The van der Waals surface area contributed by atoms with E-state index in [2.05, 4.69) is 4.98 Å². The zero-order valence-corrected chi connectivity index (χ0v) is 15.8. The molecule has 1 aromatic heterocycles. The van der Waals surface area contributed by atoms with Gasteiger partial charge in [-0.05, 0) is 24.6 Å². The first kappa shape index (κ1) is 19.1. The summed E-state index contributed by atoms with van der Waals surface area (Å²) >= 11 is 1.42. The van der Waals surface area contributed by atoms with Crippen LogP contribution in [0.4, 0.5) is 0 Å². The minimum atomic E-state index is -0.102. The summed E-state index contributed by atoms with van der Waals surface area (Å²) in [6, 6.07) is 7.33. The normalized spacial score (nSPS) is 10.6. The summed E-state index contributed by atoms with van der Waals surface area (Å²) in [7, 11) is 5.05. The molecule has 1 heterocycles. The van der Waals surface area contributed by atoms with Gasteiger partial charge in [-0.25, -0.2) is 4.98 Å². The van der Waals surface area contributed by atoms with Crippen molar-refractivity contribution in [2.24, 2.45) is 0 Å². The van der Waals surface area contributed by atoms with Gasteiger partial charge in [0, 0.05) is 45.2 Å². The molecule has 0 aliphatic rings. The Bertz CT molecular complexity index is 725. The molecular weight excluding hydrogens is 338 g/mol. The lowest BCUT2D eigenvalue weighted by atomic mass is 10.1. The van der Waals surface area contributed by atoms with E-state index in [-0.39, 0.29) is 11.8 Å². The molecular formula is C18H23N3O3S. The molecule has 0 fully saturated rings. The highest BCUT2D eigenvalue weighted by Gasteiger charge is 2.18. The number of carbonyl (C=O) groups excluding carboxylic acids is 2. The smallest absolute Gasteiger partial charge is 0.273 e. The number of ether oxygens (including phenoxy) is 1. The SMILES string of the molecule is CCN(Cc1ccc(C(=O)N(C)C)cc1)C(=O)c1csc(COC)n1. The second-order valence-corrected chi connectivity index (χ2v) is 6.72. The molecule has 6 nitrogen and oxygen atoms in total. The van der Waals surface area contributed by atoms with Gasteiger partial charge in [-0.2, -0.15) is 0 Å². The third-order valence-electron chi connectivity index (χ3n) is 3.69. The Morgan fingerprint density at radius 3 is 2.40 bits per heavy atom. The second-order valence-electron chi connectivity index (χ2n) is 5.78. The van der Waals surface area contributed by atoms with Crippen molar-refractivity contribution in [1.82, 2.24) is 14.8 Å². The van der Waals surface area contributed by atoms with Crippen molar-refractivity contribution in [3.05, 3.63) is 51.5 Å². The van der Waals surface area contributed by atoms with Crippen molar-refractivity contribution in [1.29, 1.82) is 0 Å². The first-order chi connectivity index (χ1) is 12.0. The number of thiazole rings is 1. The van der Waals surface area contributed by atoms with Gasteiger partial charge in [0.1, 0.15) is 10.7 Å². The van der Waals surface area contributed by atoms with E-state index in [1.54, 1.807) is 43.6 Å². The predicted molar refractivity (Wildman–Crippen MR) is 97.7 cm³/mol. The Morgan fingerprint density at radius 2 is 1.84 bits per heavy atom. The highest BCUT2D eigenvalue weighted by molar-refractivity contribution is 7.09. The molecule has 0 saturated carbocycles. The number of carbonyl (C=O) groups is 2. The Labute approximate surface area is 152 Å². The van der Waals surface area contributed by atoms with Crippen molar-refractivity contribution >= 4 is 23.2 Å². The van der Waals surface area contributed by atoms with Crippen LogP contribution in [0.3, 0.4) is 0 Å². The van der Waals surface area contributed by atoms with Gasteiger partial charge in [0.15, 0.2) is 0 Å². The Morgan fingerprint density at radius 1 is 1.16 bits per heavy atom. The molecule has 0 N–H and O–H groups in total. The summed E-state index contributed by atoms with van der Waals surface area (Å²) in [6.45, 7) is 3.40. The summed E-state index contributed by atoms with van der Waals surface area (Å²) in [6.07, 6.45) is 0. The van der Waals surface area contributed by atoms with Crippen LogP contribution in [0, 0.1) is 0 Å². The van der Waals surface area contributed by atoms with Crippen molar-refractivity contribution in [2.75, 3.05) is 27.7 Å². The minimum absolute atomic E-state index is 0.0388. The van der Waals surface area contributed by atoms with Gasteiger partial charge in [0.2, 0.25) is 0 Å². The first-order valence-corrected chi connectivity index (χ1v) is 8.87. The number of rotatable bonds is 7. The standard InChI is InChI=1S/C18H23N3O3S/c1-5-21(18(23)15-12-25-16(19-15)11-24-4)10-13-6-8-14(9-7-13)17(22)20(2)3/h6-9,12H,5,10-11H2,1-4H3. The number of hydrogen-bond donors (Lipinski definition) is 0. The molecule has 2 rings (SSSR count). The summed E-state index contributed by atoms with van der Waals surface area (Å²) in [5, 5.41) is 2.55. The van der Waals surface area contributed by atoms with E-state index in [0.29, 0.717) is 31.0 Å². The number of benzene rings is 1. The topological polar surface area (TPSA) is 62.7 Å². The van der Waals surface area contributed by atoms with Crippen LogP contribution in [0.15, 0.2) is 29.6 Å². The van der Waals surface area contributed by atoms with E-state index in [4.69, 9.17) is 4.74 Å². The van der Waals surface area contributed by atoms with Crippen LogP contribution in [0.1, 0.15) is 38.3 Å². The highest BCUT2D eigenvalue weighted by Crippen LogP contribution is 2.15. The van der Waals surface area contributed by atoms with Crippen molar-refractivity contribution in [2.45, 2.75) is 20.1 Å². The van der Waals surface area contributed by atoms with E-state index in [1.807, 2.05) is 19.1 Å². The Balaban J connectivity index is 2.07. The van der Waals surface area contributed by atoms with E-state index < -0.39 is 0 Å². The summed E-state index contributed by atoms with van der Waals surface area (Å²) in [5.41, 5.74) is 2.04. The lowest BCUT2D eigenvalue weighted by molar-refractivity contribution is 0.0745. The molecule has 7 heteroatoms. The van der Waals surface area contributed by atoms with Crippen LogP contribution in [0.25, 0.3) is 0 Å². The van der Waals surface area contributed by atoms with Crippen LogP contribution >= 0.6 is 11.3 Å². The van der Waals surface area contributed by atoms with Crippen molar-refractivity contribution < 1.29 is 14.3 Å². The number of hydrogen-bond acceptors (Lipinski definition) is 5. The van der Waals surface area contributed by atoms with Gasteiger partial charge in [0.25, 0.3) is 11.8 Å². The van der Waals surface area contributed by atoms with Gasteiger partial charge in [-0.3, -0.25) is 9.59 Å². The zero-order chi connectivity index (χ0) is 18.4. The van der Waals surface area contributed by atoms with Crippen molar-refractivity contribution in [3.63, 3.8) is 0 Å². The average molecular weight is 361 g/mol. The largest absolute Gasteiger partial charge is 0.378 e. The Kier molecular flexibility index (Phi) is 6.66. The molecule has 0 saturated heterocycles. The lowest BCUT2D eigenvalue weighted by Crippen LogP contribution is -2.30. The lowest BCUT2D eigenvalue weighted by Gasteiger charge is -2.20. The van der Waals surface area contributed by atoms with E-state index >= 15 is 0 Å². The summed E-state index contributed by atoms with van der Waals surface area (Å²) in [4.78, 5) is 32.1. The third-order valence-corrected chi connectivity index (χ3v) is 4.51. The molecule has 0 aliphatic heterocycles. The van der Waals surface area contributed by atoms with Gasteiger partial charge in [0.05, 0.1) is 6.61 Å². The maximum absolute atomic E-state index is 12.6. The number of nitrogens with zero attached hydrogens (tertiary/aromatic N) is 3. The summed E-state index contributed by atoms with van der Waals surface area (Å²) in [5.74, 6) is -0.141. The van der Waals surface area contributed by atoms with Crippen LogP contribution in [-0.2, 0) is 17.9 Å². The second kappa shape index (κ2) is 8.73. The average Bonchev–Trinajstić information content (AvgIpc) is 3.08. The summed E-state index contributed by atoms with van der Waals surface area (Å²) < 4.78 is 5.04. The predicted octanol–water partition coefficient (Wildman–Crippen LogP) is 2.65. The monoisotopic (exact) mass is 361 g/mol. The fraction of sp³-hybridized carbons (Fsp3) is 0.389. The minimum Gasteiger partial charge on any atom is -0.378 e. The fourth-order valence-corrected chi connectivity index (χ4v) is 3.06. The number of amides is 2. The highest BCUT2D eigenvalue weighted by atomic mass is 32.1. The van der Waals surface area contributed by atoms with Gasteiger partial charge >= 0.3 is 0 Å². The maximum atomic E-state index is 12.6. The molecule has 0 spiro atoms. The van der Waals surface area contributed by atoms with Gasteiger partial charge in [-0.15, -0.1) is 11.3 Å². The van der Waals surface area contributed by atoms with Crippen LogP contribution in [0.2, 0.25) is 0 Å². The molecule has 25 heavy (non-hydrogen) atoms. The molecule has 0 atom stereocenters. The van der Waals surface area contributed by atoms with Gasteiger partial charge in [-0.1, -0.05) is 12.1 Å². The molecule has 2 aromatic rings. The zero-order valence-electron chi connectivity index (χ0n) is 15.0. The number of methoxy groups -OCH3 is 1. The first-order valence-electron chi connectivity index (χ1n) is 7.99. The molecule has 0 radical (unpaired) electrons. The van der Waals surface area contributed by atoms with E-state index in [1.165, 1.54) is 16.2 Å². The third kappa shape index (κ3) is 4.87. The van der Waals surface area contributed by atoms with Crippen LogP contribution < -0.4 is 0 Å². The quantitative estimate of drug-likeness (QED) is 0.761. The molecule has 2 amide bonds. The fourth-order valence-electron chi connectivity index (χ4n) is 2.32. The maximum Gasteiger partial charge on any atom is 0.273 e. The molecule has 0 unspecified atom stereocenters. The van der Waals surface area contributed by atoms with E-state index in [9.17, 15) is 9.59 Å². The van der Waals surface area contributed by atoms with Crippen LogP contribution in [-0.4, -0.2) is 54.3 Å². The molecule has 134 valence electrons. The molecule has 1 aromatic carbocycles. The molecule has 0 aliphatic carbocycles. The molecule has 0 bridgehead atoms. The Hall–Kier alpha value is -2.25. The van der Waals surface area contributed by atoms with Gasteiger partial charge < -0.3 is 14.5 Å².